The molecular formula is C18H26N2O4. The molecule has 6 heteroatoms. The first-order chi connectivity index (χ1) is 11.2. The molecule has 24 heavy (non-hydrogen) atoms. The number of nitrogens with zero attached hydrogens (tertiary/aromatic N) is 1. The van der Waals surface area contributed by atoms with Crippen molar-refractivity contribution < 1.29 is 19.4 Å². The summed E-state index contributed by atoms with van der Waals surface area (Å²) in [5.74, 6) is 0.0766. The van der Waals surface area contributed by atoms with E-state index in [2.05, 4.69) is 5.32 Å². The molecule has 0 radical (unpaired) electrons. The summed E-state index contributed by atoms with van der Waals surface area (Å²) in [4.78, 5) is 26.6. The molecule has 1 aromatic carbocycles. The van der Waals surface area contributed by atoms with Crippen LogP contribution in [0.4, 0.5) is 4.79 Å². The number of phenols is 1. The Balaban J connectivity index is 2.09. The molecule has 0 spiro atoms. The summed E-state index contributed by atoms with van der Waals surface area (Å²) < 4.78 is 5.28. The highest BCUT2D eigenvalue weighted by atomic mass is 16.6. The number of amides is 2. The lowest BCUT2D eigenvalue weighted by Gasteiger charge is -2.26. The van der Waals surface area contributed by atoms with Crippen molar-refractivity contribution in [3.05, 3.63) is 29.8 Å². The molecule has 132 valence electrons. The van der Waals surface area contributed by atoms with Gasteiger partial charge in [-0.25, -0.2) is 4.79 Å². The van der Waals surface area contributed by atoms with E-state index in [0.29, 0.717) is 6.42 Å². The zero-order valence-electron chi connectivity index (χ0n) is 14.5. The van der Waals surface area contributed by atoms with Crippen LogP contribution in [-0.2, 0) is 16.0 Å². The minimum absolute atomic E-state index is 0.0913. The van der Waals surface area contributed by atoms with Gasteiger partial charge in [0.25, 0.3) is 0 Å². The lowest BCUT2D eigenvalue weighted by Crippen LogP contribution is -2.50. The van der Waals surface area contributed by atoms with Crippen LogP contribution in [0.5, 0.6) is 5.75 Å². The summed E-state index contributed by atoms with van der Waals surface area (Å²) >= 11 is 0. The number of likely N-dealkylation sites (tertiary alicyclic amines) is 1. The van der Waals surface area contributed by atoms with Gasteiger partial charge in [0.2, 0.25) is 5.91 Å². The molecule has 1 aliphatic heterocycles. The molecule has 0 bridgehead atoms. The highest BCUT2D eigenvalue weighted by Gasteiger charge is 2.29. The Morgan fingerprint density at radius 1 is 1.21 bits per heavy atom. The molecule has 2 amide bonds. The summed E-state index contributed by atoms with van der Waals surface area (Å²) in [6, 6.07) is 5.95. The van der Waals surface area contributed by atoms with E-state index in [1.165, 1.54) is 0 Å². The second-order valence-electron chi connectivity index (χ2n) is 7.10. The van der Waals surface area contributed by atoms with Crippen molar-refractivity contribution in [1.29, 1.82) is 0 Å². The number of hydrogen-bond donors (Lipinski definition) is 2. The van der Waals surface area contributed by atoms with E-state index in [0.717, 1.165) is 31.5 Å². The van der Waals surface area contributed by atoms with E-state index < -0.39 is 17.7 Å². The molecule has 2 rings (SSSR count). The van der Waals surface area contributed by atoms with Gasteiger partial charge in [-0.2, -0.15) is 0 Å². The average Bonchev–Trinajstić information content (AvgIpc) is 3.00. The van der Waals surface area contributed by atoms with Gasteiger partial charge in [-0.15, -0.1) is 0 Å². The molecule has 0 aromatic heterocycles. The van der Waals surface area contributed by atoms with Crippen LogP contribution in [-0.4, -0.2) is 46.7 Å². The number of carbonyl (C=O) groups excluding carboxylic acids is 2. The largest absolute Gasteiger partial charge is 0.508 e. The Labute approximate surface area is 142 Å². The second kappa shape index (κ2) is 7.55. The number of phenolic OH excluding ortho intramolecular Hbond substituents is 1. The molecule has 1 saturated heterocycles. The van der Waals surface area contributed by atoms with Crippen molar-refractivity contribution in [3.63, 3.8) is 0 Å². The van der Waals surface area contributed by atoms with E-state index in [9.17, 15) is 14.7 Å². The molecule has 0 unspecified atom stereocenters. The fourth-order valence-corrected chi connectivity index (χ4v) is 2.68. The fourth-order valence-electron chi connectivity index (χ4n) is 2.68. The first kappa shape index (κ1) is 18.1. The molecule has 0 saturated carbocycles. The Morgan fingerprint density at radius 2 is 1.79 bits per heavy atom. The van der Waals surface area contributed by atoms with Crippen molar-refractivity contribution in [2.45, 2.75) is 51.7 Å². The third kappa shape index (κ3) is 5.44. The molecule has 1 aliphatic rings. The van der Waals surface area contributed by atoms with Gasteiger partial charge < -0.3 is 20.1 Å². The quantitative estimate of drug-likeness (QED) is 0.886. The Morgan fingerprint density at radius 3 is 2.33 bits per heavy atom. The number of nitrogens with one attached hydrogen (secondary N) is 1. The topological polar surface area (TPSA) is 78.9 Å². The second-order valence-corrected chi connectivity index (χ2v) is 7.10. The summed E-state index contributed by atoms with van der Waals surface area (Å²) in [5, 5.41) is 12.1. The molecule has 1 heterocycles. The third-order valence-electron chi connectivity index (χ3n) is 3.78. The lowest BCUT2D eigenvalue weighted by molar-refractivity contribution is -0.132. The van der Waals surface area contributed by atoms with Crippen LogP contribution in [0.15, 0.2) is 24.3 Å². The van der Waals surface area contributed by atoms with Crippen molar-refractivity contribution >= 4 is 12.0 Å². The summed E-state index contributed by atoms with van der Waals surface area (Å²) in [7, 11) is 0. The van der Waals surface area contributed by atoms with E-state index in [1.54, 1.807) is 49.9 Å². The van der Waals surface area contributed by atoms with E-state index in [-0.39, 0.29) is 11.7 Å². The number of carbonyl (C=O) groups is 2. The number of ether oxygens (including phenoxy) is 1. The smallest absolute Gasteiger partial charge is 0.408 e. The van der Waals surface area contributed by atoms with Crippen LogP contribution < -0.4 is 5.32 Å². The molecule has 1 aromatic rings. The van der Waals surface area contributed by atoms with Crippen molar-refractivity contribution in [3.8, 4) is 5.75 Å². The van der Waals surface area contributed by atoms with E-state index in [1.807, 2.05) is 0 Å². The summed E-state index contributed by atoms with van der Waals surface area (Å²) in [6.07, 6.45) is 1.74. The molecule has 1 fully saturated rings. The van der Waals surface area contributed by atoms with E-state index in [4.69, 9.17) is 4.74 Å². The molecule has 0 aliphatic carbocycles. The zero-order chi connectivity index (χ0) is 17.7. The SMILES string of the molecule is CC(C)(C)OC(=O)N[C@@H](Cc1ccc(O)cc1)C(=O)N1CCCC1. The van der Waals surface area contributed by atoms with Crippen molar-refractivity contribution in [2.75, 3.05) is 13.1 Å². The Kier molecular flexibility index (Phi) is 5.70. The summed E-state index contributed by atoms with van der Waals surface area (Å²) in [5.41, 5.74) is 0.241. The van der Waals surface area contributed by atoms with Gasteiger partial charge in [0.15, 0.2) is 0 Å². The number of aromatic hydroxyl groups is 1. The van der Waals surface area contributed by atoms with Gasteiger partial charge >= 0.3 is 6.09 Å². The Hall–Kier alpha value is -2.24. The first-order valence-electron chi connectivity index (χ1n) is 8.31. The predicted molar refractivity (Wildman–Crippen MR) is 90.8 cm³/mol. The van der Waals surface area contributed by atoms with Crippen LogP contribution in [0, 0.1) is 0 Å². The van der Waals surface area contributed by atoms with Gasteiger partial charge in [0, 0.05) is 19.5 Å². The van der Waals surface area contributed by atoms with E-state index >= 15 is 0 Å². The van der Waals surface area contributed by atoms with Gasteiger partial charge in [-0.05, 0) is 51.3 Å². The van der Waals surface area contributed by atoms with Crippen molar-refractivity contribution in [2.24, 2.45) is 0 Å². The van der Waals surface area contributed by atoms with Gasteiger partial charge in [0.05, 0.1) is 0 Å². The lowest BCUT2D eigenvalue weighted by atomic mass is 10.0. The minimum Gasteiger partial charge on any atom is -0.508 e. The highest BCUT2D eigenvalue weighted by molar-refractivity contribution is 5.86. The number of benzene rings is 1. The third-order valence-corrected chi connectivity index (χ3v) is 3.78. The molecular weight excluding hydrogens is 308 g/mol. The normalized spacial score (nSPS) is 15.9. The summed E-state index contributed by atoms with van der Waals surface area (Å²) in [6.45, 7) is 6.79. The van der Waals surface area contributed by atoms with Crippen LogP contribution in [0.3, 0.4) is 0 Å². The van der Waals surface area contributed by atoms with Gasteiger partial charge in [-0.1, -0.05) is 12.1 Å². The number of hydrogen-bond acceptors (Lipinski definition) is 4. The molecule has 2 N–H and O–H groups in total. The zero-order valence-corrected chi connectivity index (χ0v) is 14.5. The van der Waals surface area contributed by atoms with Crippen LogP contribution >= 0.6 is 0 Å². The highest BCUT2D eigenvalue weighted by Crippen LogP contribution is 2.15. The van der Waals surface area contributed by atoms with Crippen LogP contribution in [0.25, 0.3) is 0 Å². The predicted octanol–water partition coefficient (Wildman–Crippen LogP) is 2.45. The maximum absolute atomic E-state index is 12.7. The maximum atomic E-state index is 12.7. The standard InChI is InChI=1S/C18H26N2O4/c1-18(2,3)24-17(23)19-15(16(22)20-10-4-5-11-20)12-13-6-8-14(21)9-7-13/h6-9,15,21H,4-5,10-12H2,1-3H3,(H,19,23)/t15-/m0/s1. The Bertz CT molecular complexity index is 572. The first-order valence-corrected chi connectivity index (χ1v) is 8.31. The average molecular weight is 334 g/mol. The van der Waals surface area contributed by atoms with Crippen LogP contribution in [0.1, 0.15) is 39.2 Å². The minimum atomic E-state index is -0.678. The van der Waals surface area contributed by atoms with Crippen LogP contribution in [0.2, 0.25) is 0 Å². The monoisotopic (exact) mass is 334 g/mol. The van der Waals surface area contributed by atoms with Gasteiger partial charge in [-0.3, -0.25) is 4.79 Å². The molecule has 6 nitrogen and oxygen atoms in total. The fraction of sp³-hybridized carbons (Fsp3) is 0.556. The molecule has 1 atom stereocenters. The number of rotatable bonds is 4. The maximum Gasteiger partial charge on any atom is 0.408 e. The van der Waals surface area contributed by atoms with Gasteiger partial charge in [0.1, 0.15) is 17.4 Å². The van der Waals surface area contributed by atoms with Crippen molar-refractivity contribution in [1.82, 2.24) is 10.2 Å². The number of alkyl carbamates (subject to hydrolysis) is 1.